The van der Waals surface area contributed by atoms with Crippen molar-refractivity contribution in [3.8, 4) is 0 Å². The van der Waals surface area contributed by atoms with Crippen LogP contribution in [0.25, 0.3) is 0 Å². The minimum atomic E-state index is 0.515. The van der Waals surface area contributed by atoms with E-state index in [1.165, 1.54) is 11.3 Å². The van der Waals surface area contributed by atoms with Crippen LogP contribution >= 0.6 is 0 Å². The third-order valence-electron chi connectivity index (χ3n) is 2.36. The first-order valence-corrected chi connectivity index (χ1v) is 5.79. The summed E-state index contributed by atoms with van der Waals surface area (Å²) >= 11 is 0. The summed E-state index contributed by atoms with van der Waals surface area (Å²) in [6, 6.07) is 0. The Hall–Kier alpha value is -1.05. The van der Waals surface area contributed by atoms with Crippen molar-refractivity contribution in [3.05, 3.63) is 24.0 Å². The molecule has 0 amide bonds. The Balaban J connectivity index is 0.000000921. The quantitative estimate of drug-likeness (QED) is 0.705. The second-order valence-electron chi connectivity index (χ2n) is 3.66. The Bertz CT molecular complexity index is 260. The van der Waals surface area contributed by atoms with E-state index in [9.17, 15) is 0 Å². The van der Waals surface area contributed by atoms with E-state index in [0.29, 0.717) is 5.92 Å². The Morgan fingerprint density at radius 3 is 2.53 bits per heavy atom. The molecule has 2 heteroatoms. The zero-order valence-corrected chi connectivity index (χ0v) is 10.7. The summed E-state index contributed by atoms with van der Waals surface area (Å²) < 4.78 is 0. The van der Waals surface area contributed by atoms with Crippen LogP contribution in [0.15, 0.2) is 29.0 Å². The third kappa shape index (κ3) is 4.32. The van der Waals surface area contributed by atoms with Crippen LogP contribution in [0.3, 0.4) is 0 Å². The van der Waals surface area contributed by atoms with E-state index < -0.39 is 0 Å². The van der Waals surface area contributed by atoms with E-state index in [1.807, 2.05) is 19.9 Å². The molecule has 0 aliphatic carbocycles. The van der Waals surface area contributed by atoms with E-state index in [1.54, 1.807) is 0 Å². The van der Waals surface area contributed by atoms with E-state index in [-0.39, 0.29) is 0 Å². The Kier molecular flexibility index (Phi) is 6.76. The van der Waals surface area contributed by atoms with Gasteiger partial charge in [0, 0.05) is 12.3 Å². The molecule has 15 heavy (non-hydrogen) atoms. The fourth-order valence-electron chi connectivity index (χ4n) is 1.16. The maximum absolute atomic E-state index is 4.54. The predicted octanol–water partition coefficient (Wildman–Crippen LogP) is 3.52. The second kappa shape index (κ2) is 7.27. The van der Waals surface area contributed by atoms with Gasteiger partial charge in [-0.2, -0.15) is 0 Å². The summed E-state index contributed by atoms with van der Waals surface area (Å²) in [6.07, 6.45) is 2.94. The molecule has 1 aliphatic rings. The van der Waals surface area contributed by atoms with Crippen molar-refractivity contribution >= 4 is 5.71 Å². The molecule has 0 unspecified atom stereocenters. The summed E-state index contributed by atoms with van der Waals surface area (Å²) in [5, 5.41) is 3.26. The molecule has 86 valence electrons. The van der Waals surface area contributed by atoms with Gasteiger partial charge in [0.2, 0.25) is 0 Å². The normalized spacial score (nSPS) is 16.0. The molecular weight excluding hydrogens is 184 g/mol. The number of nitrogens with one attached hydrogen (secondary N) is 1. The standard InChI is InChI=1S/C11H18N2.C2H6/c1-5-10-6-7-12-11(10)13-9(4)8(2)3;1-2/h5,8,12H,1,6-7H2,2-4H3;1-2H3/b13-9+;. The molecule has 0 saturated carbocycles. The smallest absolute Gasteiger partial charge is 0.129 e. The molecule has 1 heterocycles. The topological polar surface area (TPSA) is 24.4 Å². The van der Waals surface area contributed by atoms with Gasteiger partial charge < -0.3 is 5.32 Å². The van der Waals surface area contributed by atoms with Crippen molar-refractivity contribution in [2.45, 2.75) is 41.0 Å². The molecule has 1 rings (SSSR count). The van der Waals surface area contributed by atoms with Crippen LogP contribution in [0, 0.1) is 5.92 Å². The lowest BCUT2D eigenvalue weighted by atomic mass is 10.1. The van der Waals surface area contributed by atoms with Gasteiger partial charge in [-0.25, -0.2) is 4.99 Å². The van der Waals surface area contributed by atoms with Crippen molar-refractivity contribution < 1.29 is 0 Å². The van der Waals surface area contributed by atoms with Crippen molar-refractivity contribution in [1.29, 1.82) is 0 Å². The van der Waals surface area contributed by atoms with Crippen molar-refractivity contribution in [1.82, 2.24) is 5.32 Å². The van der Waals surface area contributed by atoms with E-state index in [0.717, 1.165) is 18.8 Å². The number of nitrogens with zero attached hydrogens (tertiary/aromatic N) is 1. The van der Waals surface area contributed by atoms with Gasteiger partial charge in [-0.1, -0.05) is 40.3 Å². The fourth-order valence-corrected chi connectivity index (χ4v) is 1.16. The van der Waals surface area contributed by atoms with E-state index in [2.05, 4.69) is 37.7 Å². The number of aliphatic imine (C=N–C) groups is 1. The number of allylic oxidation sites excluding steroid dienone is 1. The first-order chi connectivity index (χ1) is 7.15. The van der Waals surface area contributed by atoms with Crippen LogP contribution in [0.2, 0.25) is 0 Å². The summed E-state index contributed by atoms with van der Waals surface area (Å²) in [5.41, 5.74) is 2.41. The maximum Gasteiger partial charge on any atom is 0.129 e. The first kappa shape index (κ1) is 13.9. The van der Waals surface area contributed by atoms with Crippen LogP contribution in [0.4, 0.5) is 0 Å². The highest BCUT2D eigenvalue weighted by molar-refractivity contribution is 5.84. The van der Waals surface area contributed by atoms with Gasteiger partial charge >= 0.3 is 0 Å². The lowest BCUT2D eigenvalue weighted by Gasteiger charge is -2.05. The SMILES string of the molecule is C=CC1=C(/N=C(\C)C(C)C)NCC1.CC. The lowest BCUT2D eigenvalue weighted by molar-refractivity contribution is 0.840. The zero-order chi connectivity index (χ0) is 11.8. The molecule has 0 aromatic heterocycles. The van der Waals surface area contributed by atoms with Crippen LogP contribution in [-0.4, -0.2) is 12.3 Å². The van der Waals surface area contributed by atoms with Crippen LogP contribution in [0.5, 0.6) is 0 Å². The summed E-state index contributed by atoms with van der Waals surface area (Å²) in [6.45, 7) is 15.1. The maximum atomic E-state index is 4.54. The number of hydrogen-bond donors (Lipinski definition) is 1. The minimum absolute atomic E-state index is 0.515. The largest absolute Gasteiger partial charge is 0.370 e. The summed E-state index contributed by atoms with van der Waals surface area (Å²) in [4.78, 5) is 4.54. The molecule has 0 saturated heterocycles. The van der Waals surface area contributed by atoms with E-state index >= 15 is 0 Å². The lowest BCUT2D eigenvalue weighted by Crippen LogP contribution is -2.09. The molecule has 1 N–H and O–H groups in total. The number of hydrogen-bond acceptors (Lipinski definition) is 2. The van der Waals surface area contributed by atoms with Crippen LogP contribution < -0.4 is 5.32 Å². The summed E-state index contributed by atoms with van der Waals surface area (Å²) in [7, 11) is 0. The molecule has 0 spiro atoms. The molecule has 0 radical (unpaired) electrons. The summed E-state index contributed by atoms with van der Waals surface area (Å²) in [5.74, 6) is 1.53. The van der Waals surface area contributed by atoms with Gasteiger partial charge in [0.1, 0.15) is 5.82 Å². The molecular formula is C13H24N2. The molecule has 0 atom stereocenters. The molecule has 0 aromatic rings. The molecule has 0 aromatic carbocycles. The highest BCUT2D eigenvalue weighted by atomic mass is 15.1. The number of rotatable bonds is 3. The average molecular weight is 208 g/mol. The molecule has 1 aliphatic heterocycles. The third-order valence-corrected chi connectivity index (χ3v) is 2.36. The van der Waals surface area contributed by atoms with Crippen LogP contribution in [-0.2, 0) is 0 Å². The van der Waals surface area contributed by atoms with Gasteiger partial charge in [0.05, 0.1) is 0 Å². The predicted molar refractivity (Wildman–Crippen MR) is 69.1 cm³/mol. The van der Waals surface area contributed by atoms with Gasteiger partial charge in [-0.3, -0.25) is 0 Å². The Labute approximate surface area is 94.2 Å². The van der Waals surface area contributed by atoms with Gasteiger partial charge in [-0.15, -0.1) is 0 Å². The average Bonchev–Trinajstić information content (AvgIpc) is 2.68. The fraction of sp³-hybridized carbons (Fsp3) is 0.615. The minimum Gasteiger partial charge on any atom is -0.370 e. The Morgan fingerprint density at radius 2 is 2.07 bits per heavy atom. The zero-order valence-electron chi connectivity index (χ0n) is 10.7. The van der Waals surface area contributed by atoms with Gasteiger partial charge in [0.15, 0.2) is 0 Å². The highest BCUT2D eigenvalue weighted by Crippen LogP contribution is 2.16. The molecule has 0 fully saturated rings. The van der Waals surface area contributed by atoms with Crippen molar-refractivity contribution in [2.75, 3.05) is 6.54 Å². The second-order valence-corrected chi connectivity index (χ2v) is 3.66. The Morgan fingerprint density at radius 1 is 1.47 bits per heavy atom. The van der Waals surface area contributed by atoms with Gasteiger partial charge in [-0.05, 0) is 24.8 Å². The van der Waals surface area contributed by atoms with Crippen molar-refractivity contribution in [3.63, 3.8) is 0 Å². The van der Waals surface area contributed by atoms with E-state index in [4.69, 9.17) is 0 Å². The molecule has 2 nitrogen and oxygen atoms in total. The molecule has 0 bridgehead atoms. The van der Waals surface area contributed by atoms with Gasteiger partial charge in [0.25, 0.3) is 0 Å². The van der Waals surface area contributed by atoms with Crippen LogP contribution in [0.1, 0.15) is 41.0 Å². The highest BCUT2D eigenvalue weighted by Gasteiger charge is 2.10. The van der Waals surface area contributed by atoms with Crippen molar-refractivity contribution in [2.24, 2.45) is 10.9 Å². The monoisotopic (exact) mass is 208 g/mol. The first-order valence-electron chi connectivity index (χ1n) is 5.79.